The van der Waals surface area contributed by atoms with E-state index in [1.54, 1.807) is 18.4 Å². The molecule has 0 bridgehead atoms. The average Bonchev–Trinajstić information content (AvgIpc) is 1.69. The number of nitrogens with zero attached hydrogens (tertiary/aromatic N) is 2. The fraction of sp³-hybridized carbons (Fsp3) is 0. The molecular formula is C4H5N3+. The molecule has 0 unspecified atom stereocenters. The molecule has 1 aliphatic heterocycles. The first-order valence-electron chi connectivity index (χ1n) is 1.93. The van der Waals surface area contributed by atoms with Crippen LogP contribution in [0.3, 0.4) is 0 Å². The zero-order chi connectivity index (χ0) is 5.11. The fourth-order valence-electron chi connectivity index (χ4n) is 0.313. The quantitative estimate of drug-likeness (QED) is 0.422. The summed E-state index contributed by atoms with van der Waals surface area (Å²) >= 11 is 0. The molecule has 1 aliphatic rings. The summed E-state index contributed by atoms with van der Waals surface area (Å²) in [4.78, 5) is 0. The van der Waals surface area contributed by atoms with Gasteiger partial charge in [-0.1, -0.05) is 0 Å². The molecule has 0 fully saturated rings. The zero-order valence-corrected chi connectivity index (χ0v) is 3.70. The summed E-state index contributed by atoms with van der Waals surface area (Å²) in [6.07, 6.45) is 5.01. The van der Waals surface area contributed by atoms with E-state index in [4.69, 9.17) is 5.73 Å². The Morgan fingerprint density at radius 3 is 2.86 bits per heavy atom. The first kappa shape index (κ1) is 4.05. The van der Waals surface area contributed by atoms with Gasteiger partial charge in [-0.05, 0) is 11.2 Å². The lowest BCUT2D eigenvalue weighted by Crippen LogP contribution is -2.14. The summed E-state index contributed by atoms with van der Waals surface area (Å²) < 4.78 is 0. The van der Waals surface area contributed by atoms with Crippen molar-refractivity contribution in [2.45, 2.75) is 0 Å². The number of amidine groups is 1. The van der Waals surface area contributed by atoms with Gasteiger partial charge < -0.3 is 0 Å². The van der Waals surface area contributed by atoms with Gasteiger partial charge in [-0.3, -0.25) is 5.73 Å². The van der Waals surface area contributed by atoms with E-state index >= 15 is 0 Å². The maximum Gasteiger partial charge on any atom is 0.341 e. The molecule has 0 aromatic heterocycles. The molecular weight excluding hydrogens is 90.1 g/mol. The van der Waals surface area contributed by atoms with E-state index in [2.05, 4.69) is 10.2 Å². The average molecular weight is 95.1 g/mol. The third-order valence-corrected chi connectivity index (χ3v) is 0.593. The molecule has 0 aliphatic carbocycles. The molecule has 0 atom stereocenters. The molecule has 0 saturated heterocycles. The predicted molar refractivity (Wildman–Crippen MR) is 29.0 cm³/mol. The molecule has 0 spiro atoms. The van der Waals surface area contributed by atoms with E-state index in [0.717, 1.165) is 0 Å². The monoisotopic (exact) mass is 95.0 g/mol. The van der Waals surface area contributed by atoms with E-state index < -0.39 is 0 Å². The third kappa shape index (κ3) is 0.855. The predicted octanol–water partition coefficient (Wildman–Crippen LogP) is -0.765. The Labute approximate surface area is 41.2 Å². The minimum atomic E-state index is 0.461. The Hall–Kier alpha value is -1.12. The second kappa shape index (κ2) is 1.55. The van der Waals surface area contributed by atoms with E-state index in [9.17, 15) is 0 Å². The molecule has 0 aromatic carbocycles. The highest BCUT2D eigenvalue weighted by molar-refractivity contribution is 5.95. The second-order valence-corrected chi connectivity index (χ2v) is 1.15. The van der Waals surface area contributed by atoms with Crippen LogP contribution in [0.1, 0.15) is 0 Å². The maximum absolute atomic E-state index is 5.18. The lowest BCUT2D eigenvalue weighted by atomic mass is 10.5. The molecule has 0 amide bonds. The van der Waals surface area contributed by atoms with E-state index in [1.807, 2.05) is 0 Å². The molecule has 0 aromatic rings. The van der Waals surface area contributed by atoms with Gasteiger partial charge in [-0.2, -0.15) is 0 Å². The SMILES string of the molecule is NC1=[N+]N=CC=C1. The van der Waals surface area contributed by atoms with Crippen molar-refractivity contribution in [3.05, 3.63) is 12.2 Å². The highest BCUT2D eigenvalue weighted by Crippen LogP contribution is 1.71. The van der Waals surface area contributed by atoms with Crippen molar-refractivity contribution in [2.24, 2.45) is 10.8 Å². The Morgan fingerprint density at radius 2 is 2.57 bits per heavy atom. The minimum Gasteiger partial charge on any atom is -0.282 e. The maximum atomic E-state index is 5.18. The van der Waals surface area contributed by atoms with Crippen molar-refractivity contribution in [1.82, 2.24) is 5.10 Å². The van der Waals surface area contributed by atoms with Crippen LogP contribution in [-0.4, -0.2) is 12.1 Å². The number of hydrogen-bond acceptors (Lipinski definition) is 3. The van der Waals surface area contributed by atoms with E-state index in [1.165, 1.54) is 0 Å². The number of nitrogens with two attached hydrogens (primary N) is 1. The Bertz CT molecular complexity index is 143. The number of hydrogen-bond donors (Lipinski definition) is 1. The minimum absolute atomic E-state index is 0.461. The first-order chi connectivity index (χ1) is 3.39. The summed E-state index contributed by atoms with van der Waals surface area (Å²) in [6, 6.07) is 0. The molecule has 3 nitrogen and oxygen atoms in total. The molecule has 1 radical (unpaired) electrons. The van der Waals surface area contributed by atoms with Crippen LogP contribution in [0.2, 0.25) is 0 Å². The first-order valence-corrected chi connectivity index (χ1v) is 1.93. The molecule has 35 valence electrons. The summed E-state index contributed by atoms with van der Waals surface area (Å²) in [5, 5.41) is 7.02. The summed E-state index contributed by atoms with van der Waals surface area (Å²) in [5.74, 6) is 0.461. The molecule has 0 saturated carbocycles. The van der Waals surface area contributed by atoms with Gasteiger partial charge in [-0.25, -0.2) is 0 Å². The van der Waals surface area contributed by atoms with Crippen LogP contribution in [0, 0.1) is 0 Å². The summed E-state index contributed by atoms with van der Waals surface area (Å²) in [7, 11) is 0. The van der Waals surface area contributed by atoms with Gasteiger partial charge in [0.25, 0.3) is 0 Å². The zero-order valence-electron chi connectivity index (χ0n) is 3.70. The van der Waals surface area contributed by atoms with Gasteiger partial charge >= 0.3 is 5.84 Å². The van der Waals surface area contributed by atoms with Crippen molar-refractivity contribution in [1.29, 1.82) is 0 Å². The van der Waals surface area contributed by atoms with Crippen molar-refractivity contribution in [2.75, 3.05) is 0 Å². The van der Waals surface area contributed by atoms with Crippen LogP contribution >= 0.6 is 0 Å². The highest BCUT2D eigenvalue weighted by Gasteiger charge is 1.94. The normalized spacial score (nSPS) is 16.9. The van der Waals surface area contributed by atoms with Gasteiger partial charge in [0.1, 0.15) is 0 Å². The van der Waals surface area contributed by atoms with E-state index in [0.29, 0.717) is 5.84 Å². The molecule has 7 heavy (non-hydrogen) atoms. The van der Waals surface area contributed by atoms with Crippen LogP contribution in [0.25, 0.3) is 0 Å². The summed E-state index contributed by atoms with van der Waals surface area (Å²) in [5.41, 5.74) is 5.18. The van der Waals surface area contributed by atoms with Crippen LogP contribution in [0.5, 0.6) is 0 Å². The molecule has 1 rings (SSSR count). The second-order valence-electron chi connectivity index (χ2n) is 1.15. The number of allylic oxidation sites excluding steroid dienone is 1. The van der Waals surface area contributed by atoms with Crippen molar-refractivity contribution in [3.8, 4) is 0 Å². The van der Waals surface area contributed by atoms with Crippen LogP contribution in [0.4, 0.5) is 0 Å². The van der Waals surface area contributed by atoms with Gasteiger partial charge in [-0.15, -0.1) is 0 Å². The van der Waals surface area contributed by atoms with Gasteiger partial charge in [0.05, 0.1) is 11.3 Å². The topological polar surface area (TPSA) is 52.5 Å². The van der Waals surface area contributed by atoms with Crippen LogP contribution < -0.4 is 10.8 Å². The lowest BCUT2D eigenvalue weighted by molar-refractivity contribution is 1.09. The van der Waals surface area contributed by atoms with Crippen molar-refractivity contribution in [3.63, 3.8) is 0 Å². The van der Waals surface area contributed by atoms with Crippen LogP contribution in [-0.2, 0) is 0 Å². The van der Waals surface area contributed by atoms with E-state index in [-0.39, 0.29) is 0 Å². The van der Waals surface area contributed by atoms with Crippen molar-refractivity contribution >= 4 is 12.1 Å². The molecule has 3 heteroatoms. The van der Waals surface area contributed by atoms with Gasteiger partial charge in [0.2, 0.25) is 0 Å². The summed E-state index contributed by atoms with van der Waals surface area (Å²) in [6.45, 7) is 0. The largest absolute Gasteiger partial charge is 0.341 e. The standard InChI is InChI=1S/C4H5N3/c5-4-2-1-3-6-7-4/h1-3H,5H2/q+1. The third-order valence-electron chi connectivity index (χ3n) is 0.593. The van der Waals surface area contributed by atoms with Crippen LogP contribution in [0.15, 0.2) is 17.3 Å². The fourth-order valence-corrected chi connectivity index (χ4v) is 0.313. The molecule has 1 heterocycles. The van der Waals surface area contributed by atoms with Crippen molar-refractivity contribution < 1.29 is 0 Å². The lowest BCUT2D eigenvalue weighted by Gasteiger charge is -1.76. The van der Waals surface area contributed by atoms with Gasteiger partial charge in [0.15, 0.2) is 0 Å². The Kier molecular flexibility index (Phi) is 0.898. The Balaban J connectivity index is 2.82. The highest BCUT2D eigenvalue weighted by atomic mass is 15.2. The molecule has 2 N–H and O–H groups in total. The van der Waals surface area contributed by atoms with Gasteiger partial charge in [0, 0.05) is 6.08 Å². The smallest absolute Gasteiger partial charge is 0.282 e. The number of rotatable bonds is 0. The Morgan fingerprint density at radius 1 is 1.71 bits per heavy atom.